The van der Waals surface area contributed by atoms with Crippen molar-refractivity contribution in [2.24, 2.45) is 5.73 Å². The number of benzene rings is 3. The van der Waals surface area contributed by atoms with Crippen LogP contribution in [0, 0.1) is 0 Å². The highest BCUT2D eigenvalue weighted by atomic mass is 35.5. The van der Waals surface area contributed by atoms with Gasteiger partial charge in [0.15, 0.2) is 0 Å². The Hall–Kier alpha value is -4.43. The summed E-state index contributed by atoms with van der Waals surface area (Å²) >= 11 is 6.35. The number of carbonyl (C=O) groups excluding carboxylic acids is 1. The number of hydrogen-bond acceptors (Lipinski definition) is 7. The summed E-state index contributed by atoms with van der Waals surface area (Å²) in [5.41, 5.74) is 7.72. The number of aromatic nitrogens is 2. The second kappa shape index (κ2) is 11.7. The summed E-state index contributed by atoms with van der Waals surface area (Å²) < 4.78 is 56.2. The van der Waals surface area contributed by atoms with E-state index < -0.39 is 31.5 Å². The fourth-order valence-corrected chi connectivity index (χ4v) is 6.55. The van der Waals surface area contributed by atoms with Crippen LogP contribution in [0.2, 0.25) is 5.02 Å². The number of nitrogens with one attached hydrogen (secondary N) is 3. The van der Waals surface area contributed by atoms with Gasteiger partial charge in [0.25, 0.3) is 21.5 Å². The summed E-state index contributed by atoms with van der Waals surface area (Å²) in [6.07, 6.45) is 2.37. The molecule has 0 spiro atoms. The molecule has 2 heterocycles. The van der Waals surface area contributed by atoms with Crippen LogP contribution in [0.25, 0.3) is 22.0 Å². The molecule has 0 atom stereocenters. The van der Waals surface area contributed by atoms with E-state index in [1.54, 1.807) is 28.8 Å². The first-order valence-corrected chi connectivity index (χ1v) is 16.5. The average Bonchev–Trinajstić information content (AvgIpc) is 3.25. The molecule has 1 amide bonds. The summed E-state index contributed by atoms with van der Waals surface area (Å²) in [5, 5.41) is 0.805. The zero-order chi connectivity index (χ0) is 30.9. The van der Waals surface area contributed by atoms with Crippen LogP contribution in [-0.2, 0) is 33.1 Å². The topological polar surface area (TPSA) is 173 Å². The van der Waals surface area contributed by atoms with E-state index in [9.17, 15) is 26.4 Å². The second-order valence-electron chi connectivity index (χ2n) is 9.74. The van der Waals surface area contributed by atoms with E-state index >= 15 is 0 Å². The molecule has 0 aliphatic rings. The van der Waals surface area contributed by atoms with Gasteiger partial charge in [0.2, 0.25) is 10.0 Å². The van der Waals surface area contributed by atoms with Gasteiger partial charge in [-0.3, -0.25) is 14.3 Å². The van der Waals surface area contributed by atoms with Crippen molar-refractivity contribution in [2.45, 2.75) is 18.0 Å². The van der Waals surface area contributed by atoms with Gasteiger partial charge in [-0.15, -0.1) is 0 Å². The quantitative estimate of drug-likeness (QED) is 0.190. The Labute approximate surface area is 252 Å². The summed E-state index contributed by atoms with van der Waals surface area (Å²) in [7, 11) is -8.21. The number of aromatic amines is 1. The Morgan fingerprint density at radius 2 is 1.70 bits per heavy atom. The SMILES string of the molecule is CS(=O)(=O)Nc1cccc(S(=O)(=O)NC(=O)c2c(-c3ccc[nH]c3=O)c3cc(Cl)ccc3n2Cc2cccc(CN)c2)c1. The van der Waals surface area contributed by atoms with E-state index in [-0.39, 0.29) is 33.9 Å². The van der Waals surface area contributed by atoms with Crippen LogP contribution < -0.4 is 20.7 Å². The van der Waals surface area contributed by atoms with Crippen molar-refractivity contribution in [3.05, 3.63) is 117 Å². The normalized spacial score (nSPS) is 11.9. The molecule has 222 valence electrons. The third-order valence-electron chi connectivity index (χ3n) is 6.57. The number of rotatable bonds is 9. The molecule has 5 aromatic rings. The number of H-pyrrole nitrogens is 1. The maximum Gasteiger partial charge on any atom is 0.282 e. The Balaban J connectivity index is 1.70. The lowest BCUT2D eigenvalue weighted by Gasteiger charge is -2.14. The number of pyridine rings is 1. The van der Waals surface area contributed by atoms with E-state index in [2.05, 4.69) is 14.4 Å². The van der Waals surface area contributed by atoms with Gasteiger partial charge < -0.3 is 15.3 Å². The molecule has 0 bridgehead atoms. The summed E-state index contributed by atoms with van der Waals surface area (Å²) in [6.45, 7) is 0.423. The summed E-state index contributed by atoms with van der Waals surface area (Å²) in [5.74, 6) is -1.01. The second-order valence-corrected chi connectivity index (χ2v) is 13.6. The molecule has 2 aromatic heterocycles. The molecule has 0 aliphatic carbocycles. The molecule has 5 rings (SSSR count). The minimum atomic E-state index is -4.52. The zero-order valence-electron chi connectivity index (χ0n) is 22.7. The van der Waals surface area contributed by atoms with E-state index in [1.807, 2.05) is 24.3 Å². The number of amides is 1. The standard InChI is InChI=1S/C29H26ClN5O6S2/c1-42(38,39)33-21-7-3-8-22(15-21)43(40,41)34-29(37)27-26(23-9-4-12-32-28(23)36)24-14-20(30)10-11-25(24)35(27)17-19-6-2-5-18(13-19)16-31/h2-15,33H,16-17,31H2,1H3,(H,32,36)(H,34,37). The van der Waals surface area contributed by atoms with Crippen LogP contribution in [0.15, 0.2) is 94.7 Å². The van der Waals surface area contributed by atoms with Gasteiger partial charge in [0.1, 0.15) is 5.69 Å². The monoisotopic (exact) mass is 639 g/mol. The number of fused-ring (bicyclic) bond motifs is 1. The smallest absolute Gasteiger partial charge is 0.282 e. The molecule has 5 N–H and O–H groups in total. The van der Waals surface area contributed by atoms with Gasteiger partial charge in [-0.2, -0.15) is 0 Å². The summed E-state index contributed by atoms with van der Waals surface area (Å²) in [6, 6.07) is 20.5. The molecule has 0 fully saturated rings. The van der Waals surface area contributed by atoms with Crippen molar-refractivity contribution < 1.29 is 21.6 Å². The minimum absolute atomic E-state index is 0.00197. The zero-order valence-corrected chi connectivity index (χ0v) is 25.1. The predicted molar refractivity (Wildman–Crippen MR) is 166 cm³/mol. The molecule has 0 saturated heterocycles. The number of nitrogens with zero attached hydrogens (tertiary/aromatic N) is 1. The van der Waals surface area contributed by atoms with Gasteiger partial charge in [0.05, 0.1) is 11.2 Å². The number of nitrogens with two attached hydrogens (primary N) is 1. The van der Waals surface area contributed by atoms with Crippen LogP contribution in [0.3, 0.4) is 0 Å². The predicted octanol–water partition coefficient (Wildman–Crippen LogP) is 3.65. The van der Waals surface area contributed by atoms with Crippen molar-refractivity contribution in [3.8, 4) is 11.1 Å². The fraction of sp³-hybridized carbons (Fsp3) is 0.103. The molecular weight excluding hydrogens is 614 g/mol. The molecule has 0 saturated carbocycles. The highest BCUT2D eigenvalue weighted by Gasteiger charge is 2.29. The molecule has 0 radical (unpaired) electrons. The first-order chi connectivity index (χ1) is 20.4. The van der Waals surface area contributed by atoms with Crippen LogP contribution in [0.5, 0.6) is 0 Å². The van der Waals surface area contributed by atoms with Gasteiger partial charge in [-0.05, 0) is 59.7 Å². The number of sulfonamides is 2. The van der Waals surface area contributed by atoms with E-state index in [0.29, 0.717) is 22.5 Å². The highest BCUT2D eigenvalue weighted by molar-refractivity contribution is 7.92. The van der Waals surface area contributed by atoms with E-state index in [1.165, 1.54) is 30.5 Å². The van der Waals surface area contributed by atoms with Crippen molar-refractivity contribution in [3.63, 3.8) is 0 Å². The molecular formula is C29H26ClN5O6S2. The van der Waals surface area contributed by atoms with Crippen LogP contribution in [-0.4, -0.2) is 38.5 Å². The Morgan fingerprint density at radius 1 is 0.953 bits per heavy atom. The maximum absolute atomic E-state index is 14.1. The largest absolute Gasteiger partial charge is 0.331 e. The first kappa shape index (κ1) is 30.0. The van der Waals surface area contributed by atoms with E-state index in [0.717, 1.165) is 23.4 Å². The molecule has 11 nitrogen and oxygen atoms in total. The van der Waals surface area contributed by atoms with Crippen molar-refractivity contribution in [1.82, 2.24) is 14.3 Å². The lowest BCUT2D eigenvalue weighted by molar-refractivity contribution is 0.0974. The van der Waals surface area contributed by atoms with Crippen molar-refractivity contribution in [2.75, 3.05) is 11.0 Å². The maximum atomic E-state index is 14.1. The lowest BCUT2D eigenvalue weighted by atomic mass is 10.0. The number of hydrogen-bond donors (Lipinski definition) is 4. The molecule has 14 heteroatoms. The Bertz CT molecular complexity index is 2160. The first-order valence-electron chi connectivity index (χ1n) is 12.8. The van der Waals surface area contributed by atoms with Crippen molar-refractivity contribution in [1.29, 1.82) is 0 Å². The molecule has 43 heavy (non-hydrogen) atoms. The lowest BCUT2D eigenvalue weighted by Crippen LogP contribution is -2.33. The van der Waals surface area contributed by atoms with Gasteiger partial charge in [-0.1, -0.05) is 41.9 Å². The Kier molecular flexibility index (Phi) is 8.16. The molecule has 3 aromatic carbocycles. The van der Waals surface area contributed by atoms with Crippen LogP contribution in [0.1, 0.15) is 21.6 Å². The van der Waals surface area contributed by atoms with Gasteiger partial charge in [-0.25, -0.2) is 21.6 Å². The number of carbonyl (C=O) groups is 1. The number of halogens is 1. The average molecular weight is 640 g/mol. The highest BCUT2D eigenvalue weighted by Crippen LogP contribution is 2.36. The van der Waals surface area contributed by atoms with Gasteiger partial charge in [0, 0.05) is 52.0 Å². The van der Waals surface area contributed by atoms with Crippen LogP contribution in [0.4, 0.5) is 5.69 Å². The molecule has 0 unspecified atom stereocenters. The van der Waals surface area contributed by atoms with E-state index in [4.69, 9.17) is 17.3 Å². The number of anilines is 1. The third kappa shape index (κ3) is 6.49. The minimum Gasteiger partial charge on any atom is -0.331 e. The van der Waals surface area contributed by atoms with Crippen molar-refractivity contribution >= 4 is 54.1 Å². The summed E-state index contributed by atoms with van der Waals surface area (Å²) in [4.78, 5) is 29.3. The Morgan fingerprint density at radius 3 is 2.42 bits per heavy atom. The van der Waals surface area contributed by atoms with Gasteiger partial charge >= 0.3 is 0 Å². The molecule has 0 aliphatic heterocycles. The third-order valence-corrected chi connectivity index (χ3v) is 8.74. The van der Waals surface area contributed by atoms with Crippen LogP contribution >= 0.6 is 11.6 Å². The fourth-order valence-electron chi connectivity index (χ4n) is 4.83.